The Morgan fingerprint density at radius 1 is 1.50 bits per heavy atom. The fourth-order valence-corrected chi connectivity index (χ4v) is 2.20. The number of rotatable bonds is 2. The Bertz CT molecular complexity index is 600. The van der Waals surface area contributed by atoms with Gasteiger partial charge in [-0.1, -0.05) is 11.6 Å². The maximum absolute atomic E-state index is 11.4. The highest BCUT2D eigenvalue weighted by Crippen LogP contribution is 2.29. The normalized spacial score (nSPS) is 17.1. The average molecular weight is 284 g/mol. The lowest BCUT2D eigenvalue weighted by molar-refractivity contribution is -0.384. The lowest BCUT2D eigenvalue weighted by Crippen LogP contribution is -2.18. The molecule has 1 heterocycles. The van der Waals surface area contributed by atoms with Crippen LogP contribution in [0, 0.1) is 15.5 Å². The van der Waals surface area contributed by atoms with E-state index in [0.717, 1.165) is 11.8 Å². The van der Waals surface area contributed by atoms with Crippen molar-refractivity contribution in [2.45, 2.75) is 0 Å². The molecule has 1 fully saturated rings. The molecule has 2 N–H and O–H groups in total. The van der Waals surface area contributed by atoms with Crippen LogP contribution in [0.2, 0.25) is 5.02 Å². The molecule has 0 atom stereocenters. The van der Waals surface area contributed by atoms with E-state index in [1.807, 2.05) is 0 Å². The number of non-ortho nitro benzene ring substituents is 1. The van der Waals surface area contributed by atoms with Gasteiger partial charge in [-0.3, -0.25) is 20.3 Å². The van der Waals surface area contributed by atoms with Gasteiger partial charge in [0.2, 0.25) is 0 Å². The van der Waals surface area contributed by atoms with E-state index in [9.17, 15) is 14.9 Å². The van der Waals surface area contributed by atoms with Crippen molar-refractivity contribution in [3.05, 3.63) is 43.8 Å². The van der Waals surface area contributed by atoms with Crippen LogP contribution in [0.3, 0.4) is 0 Å². The quantitative estimate of drug-likeness (QED) is 0.495. The van der Waals surface area contributed by atoms with Crippen molar-refractivity contribution in [2.75, 3.05) is 0 Å². The van der Waals surface area contributed by atoms with E-state index < -0.39 is 10.8 Å². The summed E-state index contributed by atoms with van der Waals surface area (Å²) in [5.41, 5.74) is 0.267. The average Bonchev–Trinajstić information content (AvgIpc) is 2.60. The van der Waals surface area contributed by atoms with Crippen molar-refractivity contribution < 1.29 is 9.72 Å². The minimum Gasteiger partial charge on any atom is -0.301 e. The number of halogens is 1. The van der Waals surface area contributed by atoms with Gasteiger partial charge in [-0.2, -0.15) is 0 Å². The maximum Gasteiger partial charge on any atom is 0.270 e. The number of hydrogen-bond acceptors (Lipinski definition) is 5. The molecular formula is C10H6ClN3O3S. The van der Waals surface area contributed by atoms with Gasteiger partial charge in [0.25, 0.3) is 11.6 Å². The Morgan fingerprint density at radius 2 is 2.22 bits per heavy atom. The van der Waals surface area contributed by atoms with Crippen LogP contribution in [0.5, 0.6) is 0 Å². The second-order valence-corrected chi connectivity index (χ2v) is 4.82. The van der Waals surface area contributed by atoms with Crippen LogP contribution in [0.4, 0.5) is 5.69 Å². The molecule has 92 valence electrons. The summed E-state index contributed by atoms with van der Waals surface area (Å²) in [6.45, 7) is 0. The van der Waals surface area contributed by atoms with Crippen LogP contribution >= 0.6 is 23.4 Å². The third-order valence-electron chi connectivity index (χ3n) is 2.14. The van der Waals surface area contributed by atoms with Gasteiger partial charge in [-0.15, -0.1) is 0 Å². The Balaban J connectivity index is 2.42. The van der Waals surface area contributed by atoms with E-state index in [2.05, 4.69) is 5.32 Å². The molecule has 18 heavy (non-hydrogen) atoms. The lowest BCUT2D eigenvalue weighted by Gasteiger charge is -1.99. The number of nitrogens with one attached hydrogen (secondary N) is 2. The number of carbonyl (C=O) groups is 1. The van der Waals surface area contributed by atoms with Crippen LogP contribution < -0.4 is 5.32 Å². The molecule has 0 spiro atoms. The van der Waals surface area contributed by atoms with Gasteiger partial charge in [-0.05, 0) is 23.9 Å². The molecule has 1 amide bonds. The molecule has 1 aromatic rings. The van der Waals surface area contributed by atoms with Gasteiger partial charge in [0, 0.05) is 22.7 Å². The van der Waals surface area contributed by atoms with Crippen LogP contribution in [0.1, 0.15) is 5.56 Å². The predicted octanol–water partition coefficient (Wildman–Crippen LogP) is 2.39. The fourth-order valence-electron chi connectivity index (χ4n) is 1.34. The van der Waals surface area contributed by atoms with E-state index >= 15 is 0 Å². The molecule has 8 heteroatoms. The van der Waals surface area contributed by atoms with Crippen molar-refractivity contribution in [1.29, 1.82) is 5.41 Å². The smallest absolute Gasteiger partial charge is 0.270 e. The maximum atomic E-state index is 11.4. The second kappa shape index (κ2) is 4.79. The first kappa shape index (κ1) is 12.6. The van der Waals surface area contributed by atoms with E-state index in [4.69, 9.17) is 17.0 Å². The second-order valence-electron chi connectivity index (χ2n) is 3.36. The first-order chi connectivity index (χ1) is 8.47. The summed E-state index contributed by atoms with van der Waals surface area (Å²) in [7, 11) is 0. The number of thioether (sulfide) groups is 1. The zero-order chi connectivity index (χ0) is 13.3. The summed E-state index contributed by atoms with van der Waals surface area (Å²) in [4.78, 5) is 21.8. The Morgan fingerprint density at radius 3 is 2.78 bits per heavy atom. The standard InChI is InChI=1S/C10H6ClN3O3S/c11-7-2-1-6(14(16)17)3-5(7)4-8-9(15)13-10(12)18-8/h1-4H,(H2,12,13,15). The molecular weight excluding hydrogens is 278 g/mol. The number of amidine groups is 1. The Hall–Kier alpha value is -1.86. The molecule has 1 aliphatic heterocycles. The summed E-state index contributed by atoms with van der Waals surface area (Å²) in [6, 6.07) is 3.97. The highest BCUT2D eigenvalue weighted by molar-refractivity contribution is 8.18. The lowest BCUT2D eigenvalue weighted by atomic mass is 10.2. The van der Waals surface area contributed by atoms with Gasteiger partial charge in [0.15, 0.2) is 5.17 Å². The van der Waals surface area contributed by atoms with Gasteiger partial charge in [0.05, 0.1) is 9.83 Å². The number of nitrogens with zero attached hydrogens (tertiary/aromatic N) is 1. The van der Waals surface area contributed by atoms with Crippen LogP contribution in [-0.2, 0) is 4.79 Å². The zero-order valence-corrected chi connectivity index (χ0v) is 10.3. The molecule has 6 nitrogen and oxygen atoms in total. The van der Waals surface area contributed by atoms with Crippen LogP contribution in [0.25, 0.3) is 6.08 Å². The van der Waals surface area contributed by atoms with Crippen LogP contribution in [0.15, 0.2) is 23.1 Å². The van der Waals surface area contributed by atoms with Crippen molar-refractivity contribution in [3.63, 3.8) is 0 Å². The number of nitro benzene ring substituents is 1. The van der Waals surface area contributed by atoms with Crippen molar-refractivity contribution >= 4 is 46.2 Å². The zero-order valence-electron chi connectivity index (χ0n) is 8.77. The molecule has 0 aromatic heterocycles. The number of benzene rings is 1. The minimum absolute atomic E-state index is 0.0211. The highest BCUT2D eigenvalue weighted by Gasteiger charge is 2.22. The van der Waals surface area contributed by atoms with Gasteiger partial charge >= 0.3 is 0 Å². The minimum atomic E-state index is -0.539. The SMILES string of the molecule is N=C1NC(=O)C(=Cc2cc([N+](=O)[O-])ccc2Cl)S1. The molecule has 0 saturated carbocycles. The van der Waals surface area contributed by atoms with Crippen molar-refractivity contribution in [1.82, 2.24) is 5.32 Å². The van der Waals surface area contributed by atoms with Crippen molar-refractivity contribution in [2.24, 2.45) is 0 Å². The summed E-state index contributed by atoms with van der Waals surface area (Å²) in [5, 5.41) is 20.6. The van der Waals surface area contributed by atoms with Gasteiger partial charge < -0.3 is 5.32 Å². The third-order valence-corrected chi connectivity index (χ3v) is 3.31. The number of amides is 1. The van der Waals surface area contributed by atoms with Gasteiger partial charge in [0.1, 0.15) is 0 Å². The Kier molecular flexibility index (Phi) is 3.35. The van der Waals surface area contributed by atoms with E-state index in [1.54, 1.807) is 0 Å². The molecule has 1 aliphatic rings. The topological polar surface area (TPSA) is 96.1 Å². The molecule has 0 radical (unpaired) electrons. The first-order valence-electron chi connectivity index (χ1n) is 4.71. The van der Waals surface area contributed by atoms with Crippen molar-refractivity contribution in [3.8, 4) is 0 Å². The molecule has 0 bridgehead atoms. The predicted molar refractivity (Wildman–Crippen MR) is 69.5 cm³/mol. The fraction of sp³-hybridized carbons (Fsp3) is 0. The summed E-state index contributed by atoms with van der Waals surface area (Å²) in [5.74, 6) is -0.410. The van der Waals surface area contributed by atoms with E-state index in [-0.39, 0.29) is 15.8 Å². The summed E-state index contributed by atoms with van der Waals surface area (Å²) >= 11 is 6.85. The first-order valence-corrected chi connectivity index (χ1v) is 5.90. The van der Waals surface area contributed by atoms with Gasteiger partial charge in [-0.25, -0.2) is 0 Å². The molecule has 2 rings (SSSR count). The molecule has 1 saturated heterocycles. The molecule has 0 unspecified atom stereocenters. The third kappa shape index (κ3) is 2.52. The monoisotopic (exact) mass is 283 g/mol. The largest absolute Gasteiger partial charge is 0.301 e. The summed E-state index contributed by atoms with van der Waals surface area (Å²) < 4.78 is 0. The number of carbonyl (C=O) groups excluding carboxylic acids is 1. The van der Waals surface area contributed by atoms with E-state index in [1.165, 1.54) is 24.3 Å². The summed E-state index contributed by atoms with van der Waals surface area (Å²) in [6.07, 6.45) is 1.43. The van der Waals surface area contributed by atoms with Crippen LogP contribution in [-0.4, -0.2) is 16.0 Å². The Labute approximate surface area is 111 Å². The van der Waals surface area contributed by atoms with E-state index in [0.29, 0.717) is 10.6 Å². The number of hydrogen-bond donors (Lipinski definition) is 2. The highest BCUT2D eigenvalue weighted by atomic mass is 35.5. The molecule has 1 aromatic carbocycles. The molecule has 0 aliphatic carbocycles. The number of nitro groups is 1.